The third-order valence-electron chi connectivity index (χ3n) is 7.00. The van der Waals surface area contributed by atoms with Gasteiger partial charge in [0.05, 0.1) is 23.9 Å². The molecular weight excluding hydrogens is 539 g/mol. The standard InChI is InChI=1S/C30H30F3N3O4.H2O/c31-30(32,33)25-16-22(20-8-10-21(11-9-20)28(34)35)12-13-26(25)40-18-24-15-23(17-27(37)38)29(39)36(24)14-4-7-19-5-2-1-3-6-19;/h1-3,5-6,8-13,16,23-24H,4,7,14-15,17-18H2,(H3,34,35)(H,37,38);1H2/t23-,24-;/m0./s1. The van der Waals surface area contributed by atoms with E-state index < -0.39 is 29.7 Å². The van der Waals surface area contributed by atoms with E-state index >= 15 is 0 Å². The molecule has 1 saturated heterocycles. The van der Waals surface area contributed by atoms with Crippen LogP contribution in [0.25, 0.3) is 11.1 Å². The number of carbonyl (C=O) groups is 2. The maximum atomic E-state index is 14.0. The zero-order chi connectivity index (χ0) is 28.9. The summed E-state index contributed by atoms with van der Waals surface area (Å²) in [5.41, 5.74) is 6.89. The van der Waals surface area contributed by atoms with E-state index in [1.807, 2.05) is 30.3 Å². The Balaban J connectivity index is 0.00000462. The van der Waals surface area contributed by atoms with Crippen LogP contribution in [0.2, 0.25) is 0 Å². The zero-order valence-electron chi connectivity index (χ0n) is 22.2. The summed E-state index contributed by atoms with van der Waals surface area (Å²) in [6.45, 7) is 0.155. The summed E-state index contributed by atoms with van der Waals surface area (Å²) in [4.78, 5) is 25.9. The number of nitrogens with one attached hydrogen (secondary N) is 1. The molecule has 0 radical (unpaired) electrons. The van der Waals surface area contributed by atoms with Gasteiger partial charge in [-0.05, 0) is 48.1 Å². The van der Waals surface area contributed by atoms with Crippen molar-refractivity contribution >= 4 is 17.7 Å². The topological polar surface area (TPSA) is 148 Å². The predicted molar refractivity (Wildman–Crippen MR) is 148 cm³/mol. The first-order valence-corrected chi connectivity index (χ1v) is 12.9. The molecule has 11 heteroatoms. The molecule has 1 aliphatic heterocycles. The highest BCUT2D eigenvalue weighted by molar-refractivity contribution is 5.95. The van der Waals surface area contributed by atoms with Gasteiger partial charge in [0.2, 0.25) is 5.91 Å². The van der Waals surface area contributed by atoms with E-state index in [4.69, 9.17) is 15.9 Å². The molecule has 41 heavy (non-hydrogen) atoms. The number of nitrogens with two attached hydrogens (primary N) is 1. The SMILES string of the molecule is N=C(N)c1ccc(-c2ccc(OC[C@@H]3C[C@@H](CC(=O)O)C(=O)N3CCCc3ccccc3)c(C(F)(F)F)c2)cc1.O. The van der Waals surface area contributed by atoms with E-state index in [0.29, 0.717) is 36.1 Å². The number of aliphatic carboxylic acids is 1. The summed E-state index contributed by atoms with van der Waals surface area (Å²) in [7, 11) is 0. The van der Waals surface area contributed by atoms with Crippen LogP contribution in [-0.2, 0) is 22.2 Å². The fraction of sp³-hybridized carbons (Fsp3) is 0.300. The van der Waals surface area contributed by atoms with Gasteiger partial charge in [0.25, 0.3) is 0 Å². The monoisotopic (exact) mass is 571 g/mol. The van der Waals surface area contributed by atoms with Crippen molar-refractivity contribution in [2.45, 2.75) is 37.9 Å². The van der Waals surface area contributed by atoms with E-state index in [0.717, 1.165) is 11.6 Å². The number of carboxylic acid groups (broad SMARTS) is 1. The van der Waals surface area contributed by atoms with Crippen LogP contribution in [0.15, 0.2) is 72.8 Å². The lowest BCUT2D eigenvalue weighted by molar-refractivity contribution is -0.142. The Hall–Kier alpha value is -4.38. The van der Waals surface area contributed by atoms with Gasteiger partial charge in [0.1, 0.15) is 18.2 Å². The lowest BCUT2D eigenvalue weighted by atomic mass is 10.0. The number of carboxylic acids is 1. The van der Waals surface area contributed by atoms with Crippen molar-refractivity contribution in [1.82, 2.24) is 4.90 Å². The molecule has 1 heterocycles. The van der Waals surface area contributed by atoms with E-state index in [1.165, 1.54) is 12.1 Å². The van der Waals surface area contributed by atoms with Crippen molar-refractivity contribution in [2.75, 3.05) is 13.2 Å². The number of amides is 1. The number of nitrogen functional groups attached to an aromatic ring is 1. The summed E-state index contributed by atoms with van der Waals surface area (Å²) in [5.74, 6) is -2.67. The van der Waals surface area contributed by atoms with Crippen LogP contribution < -0.4 is 10.5 Å². The molecule has 0 unspecified atom stereocenters. The summed E-state index contributed by atoms with van der Waals surface area (Å²) in [5, 5.41) is 16.7. The van der Waals surface area contributed by atoms with Gasteiger partial charge in [-0.2, -0.15) is 13.2 Å². The molecule has 1 amide bonds. The molecule has 218 valence electrons. The van der Waals surface area contributed by atoms with Gasteiger partial charge in [0.15, 0.2) is 0 Å². The molecule has 3 aromatic rings. The van der Waals surface area contributed by atoms with Crippen molar-refractivity contribution in [3.8, 4) is 16.9 Å². The number of hydrogen-bond donors (Lipinski definition) is 3. The fourth-order valence-electron chi connectivity index (χ4n) is 4.99. The van der Waals surface area contributed by atoms with Gasteiger partial charge in [0, 0.05) is 12.1 Å². The van der Waals surface area contributed by atoms with Crippen LogP contribution in [0.3, 0.4) is 0 Å². The molecule has 1 aliphatic rings. The second kappa shape index (κ2) is 13.3. The number of amidine groups is 1. The lowest BCUT2D eigenvalue weighted by Gasteiger charge is -2.26. The number of carbonyl (C=O) groups excluding carboxylic acids is 1. The molecular formula is C30H32F3N3O5. The number of halogens is 3. The van der Waals surface area contributed by atoms with E-state index in [2.05, 4.69) is 0 Å². The number of alkyl halides is 3. The van der Waals surface area contributed by atoms with Crippen molar-refractivity contribution in [3.63, 3.8) is 0 Å². The van der Waals surface area contributed by atoms with Crippen molar-refractivity contribution < 1.29 is 38.1 Å². The number of aryl methyl sites for hydroxylation is 1. The quantitative estimate of drug-likeness (QED) is 0.228. The molecule has 1 fully saturated rings. The molecule has 8 nitrogen and oxygen atoms in total. The van der Waals surface area contributed by atoms with Crippen LogP contribution >= 0.6 is 0 Å². The smallest absolute Gasteiger partial charge is 0.419 e. The van der Waals surface area contributed by atoms with Crippen molar-refractivity contribution in [2.24, 2.45) is 11.7 Å². The van der Waals surface area contributed by atoms with Crippen LogP contribution in [0.4, 0.5) is 13.2 Å². The number of nitrogens with zero attached hydrogens (tertiary/aromatic N) is 1. The average molecular weight is 572 g/mol. The Morgan fingerprint density at radius 2 is 1.71 bits per heavy atom. The maximum absolute atomic E-state index is 14.0. The fourth-order valence-corrected chi connectivity index (χ4v) is 4.99. The highest BCUT2D eigenvalue weighted by atomic mass is 19.4. The van der Waals surface area contributed by atoms with Crippen molar-refractivity contribution in [1.29, 1.82) is 5.41 Å². The first kappa shape index (κ1) is 31.2. The number of benzene rings is 3. The summed E-state index contributed by atoms with van der Waals surface area (Å²) in [6.07, 6.45) is -3.52. The highest BCUT2D eigenvalue weighted by Gasteiger charge is 2.41. The van der Waals surface area contributed by atoms with Gasteiger partial charge in [-0.25, -0.2) is 0 Å². The Labute approximate surface area is 235 Å². The predicted octanol–water partition coefficient (Wildman–Crippen LogP) is 4.54. The third kappa shape index (κ3) is 7.85. The Bertz CT molecular complexity index is 1360. The average Bonchev–Trinajstić information content (AvgIpc) is 3.20. The van der Waals surface area contributed by atoms with Gasteiger partial charge in [-0.3, -0.25) is 15.0 Å². The van der Waals surface area contributed by atoms with E-state index in [9.17, 15) is 27.9 Å². The van der Waals surface area contributed by atoms with Crippen molar-refractivity contribution in [3.05, 3.63) is 89.5 Å². The minimum absolute atomic E-state index is 0. The first-order valence-electron chi connectivity index (χ1n) is 12.9. The minimum atomic E-state index is -4.70. The Kier molecular flexibility index (Phi) is 10.1. The zero-order valence-corrected chi connectivity index (χ0v) is 22.2. The van der Waals surface area contributed by atoms with E-state index in [-0.39, 0.29) is 42.4 Å². The van der Waals surface area contributed by atoms with Gasteiger partial charge in [-0.1, -0.05) is 60.7 Å². The largest absolute Gasteiger partial charge is 0.491 e. The lowest BCUT2D eigenvalue weighted by Crippen LogP contribution is -2.38. The van der Waals surface area contributed by atoms with Crippen LogP contribution in [0.5, 0.6) is 5.75 Å². The molecule has 0 aliphatic carbocycles. The Morgan fingerprint density at radius 3 is 2.32 bits per heavy atom. The second-order valence-electron chi connectivity index (χ2n) is 9.82. The van der Waals surface area contributed by atoms with Crippen LogP contribution in [0, 0.1) is 11.3 Å². The molecule has 6 N–H and O–H groups in total. The summed E-state index contributed by atoms with van der Waals surface area (Å²) >= 11 is 0. The number of likely N-dealkylation sites (tertiary alicyclic amines) is 1. The molecule has 3 aromatic carbocycles. The van der Waals surface area contributed by atoms with Gasteiger partial charge in [-0.15, -0.1) is 0 Å². The number of ether oxygens (including phenoxy) is 1. The first-order chi connectivity index (χ1) is 19.0. The molecule has 2 atom stereocenters. The third-order valence-corrected chi connectivity index (χ3v) is 7.00. The van der Waals surface area contributed by atoms with Crippen LogP contribution in [0.1, 0.15) is 36.0 Å². The van der Waals surface area contributed by atoms with Gasteiger partial charge >= 0.3 is 12.1 Å². The summed E-state index contributed by atoms with van der Waals surface area (Å²) in [6, 6.07) is 19.2. The molecule has 4 rings (SSSR count). The number of rotatable bonds is 11. The van der Waals surface area contributed by atoms with E-state index in [1.54, 1.807) is 29.2 Å². The van der Waals surface area contributed by atoms with Crippen LogP contribution in [-0.4, -0.2) is 52.4 Å². The second-order valence-corrected chi connectivity index (χ2v) is 9.82. The maximum Gasteiger partial charge on any atom is 0.419 e. The minimum Gasteiger partial charge on any atom is -0.491 e. The molecule has 0 aromatic heterocycles. The molecule has 0 spiro atoms. The molecule has 0 bridgehead atoms. The normalized spacial score (nSPS) is 16.8. The summed E-state index contributed by atoms with van der Waals surface area (Å²) < 4.78 is 47.8. The molecule has 0 saturated carbocycles. The Morgan fingerprint density at radius 1 is 1.05 bits per heavy atom. The number of hydrogen-bond acceptors (Lipinski definition) is 4. The van der Waals surface area contributed by atoms with Gasteiger partial charge < -0.3 is 26.0 Å². The highest BCUT2D eigenvalue weighted by Crippen LogP contribution is 2.39.